The summed E-state index contributed by atoms with van der Waals surface area (Å²) in [6.45, 7) is 11.3. The summed E-state index contributed by atoms with van der Waals surface area (Å²) in [6, 6.07) is 0. The van der Waals surface area contributed by atoms with Crippen molar-refractivity contribution in [2.45, 2.75) is 71.4 Å². The summed E-state index contributed by atoms with van der Waals surface area (Å²) in [5.41, 5.74) is -0.965. The van der Waals surface area contributed by atoms with Crippen molar-refractivity contribution in [3.05, 3.63) is 0 Å². The van der Waals surface area contributed by atoms with Gasteiger partial charge in [-0.25, -0.2) is 4.79 Å². The molecule has 8 nitrogen and oxygen atoms in total. The van der Waals surface area contributed by atoms with Crippen molar-refractivity contribution >= 4 is 41.9 Å². The topological polar surface area (TPSA) is 104 Å². The molecule has 0 aliphatic heterocycles. The first-order valence-electron chi connectivity index (χ1n) is 9.88. The van der Waals surface area contributed by atoms with Crippen molar-refractivity contribution in [1.82, 2.24) is 21.3 Å². The molecule has 1 rings (SSSR count). The number of guanidine groups is 1. The SMILES string of the molecule is CCC(CC)(CNC(=NC)NCCNC(=O)C1CC1)NC(=O)OC(C)(C)C.I. The van der Waals surface area contributed by atoms with Crippen LogP contribution in [0.25, 0.3) is 0 Å². The quantitative estimate of drug-likeness (QED) is 0.165. The van der Waals surface area contributed by atoms with E-state index in [9.17, 15) is 9.59 Å². The van der Waals surface area contributed by atoms with Gasteiger partial charge in [-0.3, -0.25) is 9.79 Å². The Kier molecular flexibility index (Phi) is 11.8. The first-order chi connectivity index (χ1) is 12.6. The highest BCUT2D eigenvalue weighted by Crippen LogP contribution is 2.28. The Morgan fingerprint density at radius 3 is 2.07 bits per heavy atom. The van der Waals surface area contributed by atoms with E-state index in [1.54, 1.807) is 7.05 Å². The minimum Gasteiger partial charge on any atom is -0.444 e. The Bertz CT molecular complexity index is 526. The van der Waals surface area contributed by atoms with Crippen LogP contribution < -0.4 is 21.3 Å². The van der Waals surface area contributed by atoms with Gasteiger partial charge in [-0.2, -0.15) is 0 Å². The number of carbonyl (C=O) groups excluding carboxylic acids is 2. The summed E-state index contributed by atoms with van der Waals surface area (Å²) >= 11 is 0. The van der Waals surface area contributed by atoms with Crippen molar-refractivity contribution in [3.63, 3.8) is 0 Å². The summed E-state index contributed by atoms with van der Waals surface area (Å²) in [6.07, 6.45) is 3.10. The fourth-order valence-corrected chi connectivity index (χ4v) is 2.57. The molecule has 0 radical (unpaired) electrons. The van der Waals surface area contributed by atoms with Crippen molar-refractivity contribution in [3.8, 4) is 0 Å². The van der Waals surface area contributed by atoms with Gasteiger partial charge in [-0.05, 0) is 46.5 Å². The van der Waals surface area contributed by atoms with Gasteiger partial charge in [0.1, 0.15) is 5.60 Å². The summed E-state index contributed by atoms with van der Waals surface area (Å²) in [4.78, 5) is 28.0. The molecule has 1 fully saturated rings. The van der Waals surface area contributed by atoms with Gasteiger partial charge in [0.2, 0.25) is 5.91 Å². The van der Waals surface area contributed by atoms with Gasteiger partial charge in [-0.1, -0.05) is 13.8 Å². The van der Waals surface area contributed by atoms with Gasteiger partial charge in [0.05, 0.1) is 5.54 Å². The van der Waals surface area contributed by atoms with Crippen molar-refractivity contribution in [2.75, 3.05) is 26.7 Å². The lowest BCUT2D eigenvalue weighted by Crippen LogP contribution is -2.57. The van der Waals surface area contributed by atoms with Crippen LogP contribution in [0.3, 0.4) is 0 Å². The first kappa shape index (κ1) is 26.7. The average molecular weight is 511 g/mol. The van der Waals surface area contributed by atoms with E-state index in [1.165, 1.54) is 0 Å². The van der Waals surface area contributed by atoms with E-state index in [0.717, 1.165) is 25.7 Å². The molecule has 2 amide bonds. The van der Waals surface area contributed by atoms with E-state index >= 15 is 0 Å². The zero-order valence-electron chi connectivity index (χ0n) is 18.1. The molecule has 164 valence electrons. The maximum Gasteiger partial charge on any atom is 0.408 e. The zero-order chi connectivity index (χ0) is 20.5. The molecule has 0 aromatic heterocycles. The minimum atomic E-state index is -0.534. The molecule has 0 unspecified atom stereocenters. The molecule has 1 saturated carbocycles. The molecule has 0 aromatic rings. The van der Waals surface area contributed by atoms with Gasteiger partial charge < -0.3 is 26.0 Å². The van der Waals surface area contributed by atoms with Crippen LogP contribution in [0, 0.1) is 5.92 Å². The number of amides is 2. The predicted octanol–water partition coefficient (Wildman–Crippen LogP) is 2.38. The van der Waals surface area contributed by atoms with Crippen LogP contribution in [0.1, 0.15) is 60.3 Å². The molecule has 0 heterocycles. The number of carbonyl (C=O) groups is 2. The molecule has 9 heteroatoms. The molecular formula is C19H38IN5O3. The Morgan fingerprint density at radius 2 is 1.61 bits per heavy atom. The van der Waals surface area contributed by atoms with Gasteiger partial charge in [-0.15, -0.1) is 24.0 Å². The molecule has 0 bridgehead atoms. The van der Waals surface area contributed by atoms with Gasteiger partial charge in [0.25, 0.3) is 0 Å². The molecule has 4 N–H and O–H groups in total. The van der Waals surface area contributed by atoms with Crippen LogP contribution in [-0.2, 0) is 9.53 Å². The zero-order valence-corrected chi connectivity index (χ0v) is 20.4. The van der Waals surface area contributed by atoms with Crippen molar-refractivity contribution in [1.29, 1.82) is 0 Å². The lowest BCUT2D eigenvalue weighted by molar-refractivity contribution is -0.122. The molecule has 0 saturated heterocycles. The third-order valence-corrected chi connectivity index (χ3v) is 4.60. The number of nitrogens with zero attached hydrogens (tertiary/aromatic N) is 1. The Morgan fingerprint density at radius 1 is 1.04 bits per heavy atom. The minimum absolute atomic E-state index is 0. The summed E-state index contributed by atoms with van der Waals surface area (Å²) in [5, 5.41) is 12.3. The fraction of sp³-hybridized carbons (Fsp3) is 0.842. The molecule has 1 aliphatic rings. The average Bonchev–Trinajstić information content (AvgIpc) is 3.43. The summed E-state index contributed by atoms with van der Waals surface area (Å²) < 4.78 is 5.39. The Hall–Kier alpha value is -1.26. The van der Waals surface area contributed by atoms with Crippen LogP contribution in [0.5, 0.6) is 0 Å². The third-order valence-electron chi connectivity index (χ3n) is 4.60. The Balaban J connectivity index is 0.00000729. The fourth-order valence-electron chi connectivity index (χ4n) is 2.57. The van der Waals surface area contributed by atoms with Gasteiger partial charge in [0, 0.05) is 32.6 Å². The van der Waals surface area contributed by atoms with Crippen LogP contribution in [-0.4, -0.2) is 55.8 Å². The molecule has 0 atom stereocenters. The van der Waals surface area contributed by atoms with E-state index < -0.39 is 17.2 Å². The number of rotatable bonds is 9. The number of hydrogen-bond acceptors (Lipinski definition) is 4. The second-order valence-corrected chi connectivity index (χ2v) is 8.03. The van der Waals surface area contributed by atoms with Crippen LogP contribution in [0.4, 0.5) is 4.79 Å². The van der Waals surface area contributed by atoms with Gasteiger partial charge in [0.15, 0.2) is 5.96 Å². The smallest absolute Gasteiger partial charge is 0.408 e. The predicted molar refractivity (Wildman–Crippen MR) is 123 cm³/mol. The molecule has 0 spiro atoms. The second-order valence-electron chi connectivity index (χ2n) is 8.03. The van der Waals surface area contributed by atoms with Crippen LogP contribution in [0.2, 0.25) is 0 Å². The Labute approximate surface area is 186 Å². The maximum atomic E-state index is 12.2. The number of hydrogen-bond donors (Lipinski definition) is 4. The molecule has 28 heavy (non-hydrogen) atoms. The molecule has 0 aromatic carbocycles. The molecule has 1 aliphatic carbocycles. The van der Waals surface area contributed by atoms with Gasteiger partial charge >= 0.3 is 6.09 Å². The van der Waals surface area contributed by atoms with E-state index in [4.69, 9.17) is 4.74 Å². The largest absolute Gasteiger partial charge is 0.444 e. The first-order valence-corrected chi connectivity index (χ1v) is 9.88. The highest BCUT2D eigenvalue weighted by atomic mass is 127. The number of alkyl carbamates (subject to hydrolysis) is 1. The highest BCUT2D eigenvalue weighted by molar-refractivity contribution is 14.0. The monoisotopic (exact) mass is 511 g/mol. The number of halogens is 1. The number of nitrogens with one attached hydrogen (secondary N) is 4. The van der Waals surface area contributed by atoms with E-state index in [2.05, 4.69) is 26.3 Å². The van der Waals surface area contributed by atoms with E-state index in [1.807, 2.05) is 34.6 Å². The number of aliphatic imine (C=N–C) groups is 1. The van der Waals surface area contributed by atoms with E-state index in [0.29, 0.717) is 25.6 Å². The van der Waals surface area contributed by atoms with E-state index in [-0.39, 0.29) is 35.8 Å². The second kappa shape index (κ2) is 12.3. The summed E-state index contributed by atoms with van der Waals surface area (Å²) in [5.74, 6) is 0.987. The van der Waals surface area contributed by atoms with Crippen LogP contribution in [0.15, 0.2) is 4.99 Å². The normalized spacial score (nSPS) is 14.6. The third kappa shape index (κ3) is 10.3. The highest BCUT2D eigenvalue weighted by Gasteiger charge is 2.31. The maximum absolute atomic E-state index is 12.2. The number of ether oxygens (including phenoxy) is 1. The van der Waals surface area contributed by atoms with Crippen molar-refractivity contribution < 1.29 is 14.3 Å². The molecular weight excluding hydrogens is 473 g/mol. The lowest BCUT2D eigenvalue weighted by atomic mass is 9.93. The lowest BCUT2D eigenvalue weighted by Gasteiger charge is -2.34. The van der Waals surface area contributed by atoms with Crippen molar-refractivity contribution in [2.24, 2.45) is 10.9 Å². The standard InChI is InChI=1S/C19H37N5O3.HI/c1-7-19(8-2,24-17(26)27-18(3,4)5)13-23-16(20-6)22-12-11-21-15(25)14-9-10-14;/h14H,7-13H2,1-6H3,(H,21,25)(H,24,26)(H2,20,22,23);1H. The summed E-state index contributed by atoms with van der Waals surface area (Å²) in [7, 11) is 1.69. The van der Waals surface area contributed by atoms with Crippen LogP contribution >= 0.6 is 24.0 Å².